The molecule has 0 atom stereocenters. The lowest BCUT2D eigenvalue weighted by atomic mass is 10.1. The standard InChI is InChI=1S/C16H11ClF6N6/c1-8(15(18,19)20)12-11(5-24)27-29(14(12)26-7-28(2)3)13-10(17)4-9(6-25-13)16(21,22)23/h4,6-7H,1H2,2-3H3/b26-7-. The zero-order valence-corrected chi connectivity index (χ0v) is 15.5. The highest BCUT2D eigenvalue weighted by Gasteiger charge is 2.39. The van der Waals surface area contributed by atoms with Gasteiger partial charge in [-0.25, -0.2) is 9.98 Å². The minimum absolute atomic E-state index is 0.437. The van der Waals surface area contributed by atoms with Crippen molar-refractivity contribution in [2.24, 2.45) is 4.99 Å². The van der Waals surface area contributed by atoms with Gasteiger partial charge in [0.1, 0.15) is 6.07 Å². The Hall–Kier alpha value is -3.07. The summed E-state index contributed by atoms with van der Waals surface area (Å²) in [5.74, 6) is -0.963. The van der Waals surface area contributed by atoms with Gasteiger partial charge in [0.25, 0.3) is 0 Å². The molecule has 0 bridgehead atoms. The summed E-state index contributed by atoms with van der Waals surface area (Å²) in [5, 5.41) is 12.4. The van der Waals surface area contributed by atoms with Crippen molar-refractivity contribution in [3.05, 3.63) is 40.7 Å². The Bertz CT molecular complexity index is 1010. The molecule has 0 aliphatic carbocycles. The van der Waals surface area contributed by atoms with E-state index in [4.69, 9.17) is 11.6 Å². The van der Waals surface area contributed by atoms with Gasteiger partial charge in [-0.15, -0.1) is 0 Å². The van der Waals surface area contributed by atoms with Crippen LogP contribution in [0, 0.1) is 11.3 Å². The van der Waals surface area contributed by atoms with Crippen molar-refractivity contribution in [2.45, 2.75) is 12.4 Å². The van der Waals surface area contributed by atoms with Crippen molar-refractivity contribution in [3.8, 4) is 11.9 Å². The molecule has 2 aromatic rings. The Balaban J connectivity index is 2.81. The summed E-state index contributed by atoms with van der Waals surface area (Å²) < 4.78 is 78.8. The molecule has 0 saturated heterocycles. The summed E-state index contributed by atoms with van der Waals surface area (Å²) in [7, 11) is 3.05. The number of aliphatic imine (C=N–C) groups is 1. The monoisotopic (exact) mass is 436 g/mol. The third-order valence-electron chi connectivity index (χ3n) is 3.37. The third-order valence-corrected chi connectivity index (χ3v) is 3.65. The normalized spacial score (nSPS) is 12.3. The first-order valence-electron chi connectivity index (χ1n) is 7.50. The highest BCUT2D eigenvalue weighted by molar-refractivity contribution is 6.32. The highest BCUT2D eigenvalue weighted by atomic mass is 35.5. The number of aromatic nitrogens is 3. The van der Waals surface area contributed by atoms with E-state index >= 15 is 0 Å². The van der Waals surface area contributed by atoms with Crippen LogP contribution in [0.5, 0.6) is 0 Å². The Kier molecular flexibility index (Phi) is 5.94. The van der Waals surface area contributed by atoms with Crippen LogP contribution < -0.4 is 0 Å². The number of alkyl halides is 6. The zero-order chi connectivity index (χ0) is 22.1. The second-order valence-corrected chi connectivity index (χ2v) is 6.19. The van der Waals surface area contributed by atoms with E-state index in [1.54, 1.807) is 0 Å². The van der Waals surface area contributed by atoms with Crippen LogP contribution in [-0.2, 0) is 6.18 Å². The first-order valence-corrected chi connectivity index (χ1v) is 7.88. The molecule has 0 spiro atoms. The van der Waals surface area contributed by atoms with Crippen molar-refractivity contribution in [1.29, 1.82) is 5.26 Å². The van der Waals surface area contributed by atoms with Gasteiger partial charge in [0.15, 0.2) is 17.3 Å². The van der Waals surface area contributed by atoms with E-state index in [0.717, 1.165) is 6.34 Å². The van der Waals surface area contributed by atoms with Crippen molar-refractivity contribution < 1.29 is 26.3 Å². The topological polar surface area (TPSA) is 70.1 Å². The molecule has 0 aromatic carbocycles. The van der Waals surface area contributed by atoms with Crippen molar-refractivity contribution in [2.75, 3.05) is 14.1 Å². The molecule has 2 heterocycles. The number of hydrogen-bond acceptors (Lipinski definition) is 4. The van der Waals surface area contributed by atoms with E-state index < -0.39 is 51.4 Å². The molecule has 154 valence electrons. The van der Waals surface area contributed by atoms with Gasteiger partial charge in [-0.1, -0.05) is 18.2 Å². The molecule has 6 nitrogen and oxygen atoms in total. The number of rotatable bonds is 4. The second-order valence-electron chi connectivity index (χ2n) is 5.78. The van der Waals surface area contributed by atoms with Crippen molar-refractivity contribution >= 4 is 29.3 Å². The smallest absolute Gasteiger partial charge is 0.369 e. The fourth-order valence-corrected chi connectivity index (χ4v) is 2.33. The largest absolute Gasteiger partial charge is 0.417 e. The van der Waals surface area contributed by atoms with Gasteiger partial charge in [0, 0.05) is 20.3 Å². The molecule has 0 aliphatic rings. The number of hydrogen-bond donors (Lipinski definition) is 0. The Morgan fingerprint density at radius 2 is 1.93 bits per heavy atom. The zero-order valence-electron chi connectivity index (χ0n) is 14.8. The maximum atomic E-state index is 13.2. The van der Waals surface area contributed by atoms with Gasteiger partial charge >= 0.3 is 12.4 Å². The van der Waals surface area contributed by atoms with Crippen LogP contribution in [0.2, 0.25) is 5.02 Å². The molecule has 0 N–H and O–H groups in total. The lowest BCUT2D eigenvalue weighted by Crippen LogP contribution is -2.11. The second kappa shape index (κ2) is 7.75. The Morgan fingerprint density at radius 3 is 2.38 bits per heavy atom. The number of halogens is 7. The fourth-order valence-electron chi connectivity index (χ4n) is 2.09. The molecule has 0 unspecified atom stereocenters. The van der Waals surface area contributed by atoms with Crippen LogP contribution in [-0.4, -0.2) is 46.3 Å². The predicted octanol–water partition coefficient (Wildman–Crippen LogP) is 4.61. The van der Waals surface area contributed by atoms with Crippen LogP contribution in [0.15, 0.2) is 23.8 Å². The third kappa shape index (κ3) is 4.68. The maximum Gasteiger partial charge on any atom is 0.417 e. The quantitative estimate of drug-likeness (QED) is 0.399. The summed E-state index contributed by atoms with van der Waals surface area (Å²) in [4.78, 5) is 8.80. The van der Waals surface area contributed by atoms with Crippen molar-refractivity contribution in [1.82, 2.24) is 19.7 Å². The van der Waals surface area contributed by atoms with Crippen LogP contribution in [0.4, 0.5) is 32.2 Å². The number of nitrogens with zero attached hydrogens (tertiary/aromatic N) is 6. The number of allylic oxidation sites excluding steroid dienone is 1. The molecule has 0 aliphatic heterocycles. The van der Waals surface area contributed by atoms with Gasteiger partial charge in [0.05, 0.1) is 28.1 Å². The predicted molar refractivity (Wildman–Crippen MR) is 93.0 cm³/mol. The average Bonchev–Trinajstić information content (AvgIpc) is 2.95. The van der Waals surface area contributed by atoms with Crippen molar-refractivity contribution in [3.63, 3.8) is 0 Å². The highest BCUT2D eigenvalue weighted by Crippen LogP contribution is 2.41. The average molecular weight is 437 g/mol. The van der Waals surface area contributed by atoms with Gasteiger partial charge in [-0.05, 0) is 6.07 Å². The van der Waals surface area contributed by atoms with Gasteiger partial charge in [-0.2, -0.15) is 41.4 Å². The molecule has 0 saturated carbocycles. The summed E-state index contributed by atoms with van der Waals surface area (Å²) >= 11 is 5.87. The first kappa shape index (κ1) is 22.2. The molecular formula is C16H11ClF6N6. The lowest BCUT2D eigenvalue weighted by molar-refractivity contribution is -0.137. The van der Waals surface area contributed by atoms with E-state index in [1.165, 1.54) is 25.1 Å². The van der Waals surface area contributed by atoms with E-state index in [0.29, 0.717) is 16.9 Å². The molecular weight excluding hydrogens is 426 g/mol. The maximum absolute atomic E-state index is 13.2. The summed E-state index contributed by atoms with van der Waals surface area (Å²) in [6, 6.07) is 2.03. The molecule has 0 fully saturated rings. The lowest BCUT2D eigenvalue weighted by Gasteiger charge is -2.12. The van der Waals surface area contributed by atoms with Crippen LogP contribution in [0.1, 0.15) is 16.8 Å². The van der Waals surface area contributed by atoms with Crippen LogP contribution >= 0.6 is 11.6 Å². The Morgan fingerprint density at radius 1 is 1.31 bits per heavy atom. The summed E-state index contributed by atoms with van der Waals surface area (Å²) in [6.45, 7) is 2.95. The van der Waals surface area contributed by atoms with Crippen LogP contribution in [0.25, 0.3) is 11.4 Å². The summed E-state index contributed by atoms with van der Waals surface area (Å²) in [5.41, 5.74) is -4.02. The van der Waals surface area contributed by atoms with Gasteiger partial charge in [-0.3, -0.25) is 0 Å². The molecule has 0 radical (unpaired) electrons. The van der Waals surface area contributed by atoms with E-state index in [9.17, 15) is 31.6 Å². The molecule has 13 heteroatoms. The Labute approximate surface area is 165 Å². The van der Waals surface area contributed by atoms with E-state index in [-0.39, 0.29) is 0 Å². The van der Waals surface area contributed by atoms with E-state index in [1.807, 2.05) is 0 Å². The molecule has 29 heavy (non-hydrogen) atoms. The van der Waals surface area contributed by atoms with Gasteiger partial charge < -0.3 is 4.90 Å². The number of pyridine rings is 1. The summed E-state index contributed by atoms with van der Waals surface area (Å²) in [6.07, 6.45) is -8.11. The first-order chi connectivity index (χ1) is 13.3. The number of nitriles is 1. The SMILES string of the molecule is C=C(c1c(C#N)nn(-c2ncc(C(F)(F)F)cc2Cl)c1/N=C\N(C)C)C(F)(F)F. The minimum Gasteiger partial charge on any atom is -0.369 e. The fraction of sp³-hybridized carbons (Fsp3) is 0.250. The molecule has 0 amide bonds. The molecule has 2 aromatic heterocycles. The van der Waals surface area contributed by atoms with Gasteiger partial charge in [0.2, 0.25) is 0 Å². The van der Waals surface area contributed by atoms with E-state index in [2.05, 4.69) is 21.7 Å². The van der Waals surface area contributed by atoms with Crippen LogP contribution in [0.3, 0.4) is 0 Å². The minimum atomic E-state index is -4.92. The molecule has 2 rings (SSSR count).